The van der Waals surface area contributed by atoms with E-state index in [1.54, 1.807) is 24.1 Å². The van der Waals surface area contributed by atoms with Crippen LogP contribution in [-0.4, -0.2) is 60.9 Å². The largest absolute Gasteiger partial charge is 0.459 e. The molecule has 0 aliphatic carbocycles. The van der Waals surface area contributed by atoms with Crippen molar-refractivity contribution in [2.24, 2.45) is 0 Å². The van der Waals surface area contributed by atoms with E-state index in [1.807, 2.05) is 6.92 Å². The molecular weight excluding hydrogens is 246 g/mol. The summed E-state index contributed by atoms with van der Waals surface area (Å²) in [6.07, 6.45) is 1.50. The van der Waals surface area contributed by atoms with Crippen molar-refractivity contribution < 1.29 is 14.0 Å². The Labute approximate surface area is 112 Å². The zero-order chi connectivity index (χ0) is 13.8. The minimum atomic E-state index is -0.161. The van der Waals surface area contributed by atoms with Crippen molar-refractivity contribution in [3.05, 3.63) is 24.2 Å². The summed E-state index contributed by atoms with van der Waals surface area (Å²) in [5.74, 6) is 0.288. The Balaban J connectivity index is 1.89. The Kier molecular flexibility index (Phi) is 4.21. The monoisotopic (exact) mass is 265 g/mol. The summed E-state index contributed by atoms with van der Waals surface area (Å²) in [6.45, 7) is 4.49. The van der Waals surface area contributed by atoms with Crippen LogP contribution in [0.2, 0.25) is 0 Å². The molecule has 1 atom stereocenters. The lowest BCUT2D eigenvalue weighted by atomic mass is 10.2. The standard InChI is InChI=1S/C13H19N3O3/c1-10(12(17)14-2)15-5-7-16(8-6-15)13(18)11-4-3-9-19-11/h3-4,9-10H,5-8H2,1-2H3,(H,14,17)/t10-/m1/s1. The van der Waals surface area contributed by atoms with Gasteiger partial charge in [-0.2, -0.15) is 0 Å². The molecule has 0 spiro atoms. The summed E-state index contributed by atoms with van der Waals surface area (Å²) in [7, 11) is 1.63. The first-order valence-electron chi connectivity index (χ1n) is 6.42. The molecule has 0 saturated carbocycles. The fourth-order valence-corrected chi connectivity index (χ4v) is 2.24. The van der Waals surface area contributed by atoms with Gasteiger partial charge in [0.05, 0.1) is 12.3 Å². The van der Waals surface area contributed by atoms with E-state index in [1.165, 1.54) is 6.26 Å². The van der Waals surface area contributed by atoms with Crippen LogP contribution in [0.15, 0.2) is 22.8 Å². The molecule has 6 nitrogen and oxygen atoms in total. The molecule has 1 aromatic rings. The minimum absolute atomic E-state index is 0.00538. The van der Waals surface area contributed by atoms with Crippen LogP contribution in [0.1, 0.15) is 17.5 Å². The Morgan fingerprint density at radius 1 is 1.32 bits per heavy atom. The zero-order valence-corrected chi connectivity index (χ0v) is 11.3. The lowest BCUT2D eigenvalue weighted by Gasteiger charge is -2.36. The number of hydrogen-bond donors (Lipinski definition) is 1. The Bertz CT molecular complexity index is 436. The number of nitrogens with zero attached hydrogens (tertiary/aromatic N) is 2. The lowest BCUT2D eigenvalue weighted by Crippen LogP contribution is -2.54. The molecule has 1 aliphatic rings. The lowest BCUT2D eigenvalue weighted by molar-refractivity contribution is -0.125. The van der Waals surface area contributed by atoms with Crippen molar-refractivity contribution in [2.45, 2.75) is 13.0 Å². The van der Waals surface area contributed by atoms with Gasteiger partial charge in [0, 0.05) is 33.2 Å². The Morgan fingerprint density at radius 3 is 2.53 bits per heavy atom. The highest BCUT2D eigenvalue weighted by atomic mass is 16.3. The fraction of sp³-hybridized carbons (Fsp3) is 0.538. The van der Waals surface area contributed by atoms with E-state index in [0.717, 1.165) is 0 Å². The smallest absolute Gasteiger partial charge is 0.289 e. The minimum Gasteiger partial charge on any atom is -0.459 e. The second kappa shape index (κ2) is 5.88. The fourth-order valence-electron chi connectivity index (χ4n) is 2.24. The molecule has 6 heteroatoms. The maximum absolute atomic E-state index is 12.1. The third-order valence-corrected chi connectivity index (χ3v) is 3.51. The summed E-state index contributed by atoms with van der Waals surface area (Å²) in [6, 6.07) is 3.21. The van der Waals surface area contributed by atoms with Gasteiger partial charge >= 0.3 is 0 Å². The van der Waals surface area contributed by atoms with Gasteiger partial charge in [-0.1, -0.05) is 0 Å². The molecule has 1 N–H and O–H groups in total. The number of amides is 2. The molecule has 0 radical (unpaired) electrons. The first-order valence-corrected chi connectivity index (χ1v) is 6.42. The van der Waals surface area contributed by atoms with E-state index in [-0.39, 0.29) is 17.9 Å². The topological polar surface area (TPSA) is 65.8 Å². The van der Waals surface area contributed by atoms with E-state index in [2.05, 4.69) is 10.2 Å². The van der Waals surface area contributed by atoms with Crippen molar-refractivity contribution in [1.82, 2.24) is 15.1 Å². The summed E-state index contributed by atoms with van der Waals surface area (Å²) in [5, 5.41) is 2.64. The average molecular weight is 265 g/mol. The summed E-state index contributed by atoms with van der Waals surface area (Å²) >= 11 is 0. The van der Waals surface area contributed by atoms with E-state index >= 15 is 0 Å². The van der Waals surface area contributed by atoms with Crippen molar-refractivity contribution in [3.63, 3.8) is 0 Å². The number of carbonyl (C=O) groups is 2. The molecule has 2 heterocycles. The van der Waals surface area contributed by atoms with Crippen LogP contribution in [0.4, 0.5) is 0 Å². The van der Waals surface area contributed by atoms with Gasteiger partial charge in [0.25, 0.3) is 5.91 Å². The summed E-state index contributed by atoms with van der Waals surface area (Å²) in [4.78, 5) is 27.5. The molecule has 1 fully saturated rings. The van der Waals surface area contributed by atoms with Gasteiger partial charge in [-0.05, 0) is 19.1 Å². The number of furan rings is 1. The number of nitrogens with one attached hydrogen (secondary N) is 1. The highest BCUT2D eigenvalue weighted by Gasteiger charge is 2.28. The van der Waals surface area contributed by atoms with Gasteiger partial charge < -0.3 is 14.6 Å². The predicted molar refractivity (Wildman–Crippen MR) is 69.7 cm³/mol. The van der Waals surface area contributed by atoms with Gasteiger partial charge in [0.2, 0.25) is 5.91 Å². The Morgan fingerprint density at radius 2 is 2.00 bits per heavy atom. The van der Waals surface area contributed by atoms with Crippen molar-refractivity contribution in [3.8, 4) is 0 Å². The molecule has 0 bridgehead atoms. The van der Waals surface area contributed by atoms with Crippen LogP contribution in [0.5, 0.6) is 0 Å². The van der Waals surface area contributed by atoms with E-state index in [0.29, 0.717) is 31.9 Å². The molecule has 1 saturated heterocycles. The highest BCUT2D eigenvalue weighted by molar-refractivity contribution is 5.91. The number of likely N-dealkylation sites (N-methyl/N-ethyl adjacent to an activating group) is 1. The Hall–Kier alpha value is -1.82. The second-order valence-electron chi connectivity index (χ2n) is 4.60. The molecule has 2 amide bonds. The molecule has 0 aromatic carbocycles. The molecule has 104 valence electrons. The molecule has 19 heavy (non-hydrogen) atoms. The molecule has 1 aromatic heterocycles. The zero-order valence-electron chi connectivity index (χ0n) is 11.3. The van der Waals surface area contributed by atoms with Crippen LogP contribution in [0, 0.1) is 0 Å². The highest BCUT2D eigenvalue weighted by Crippen LogP contribution is 2.11. The van der Waals surface area contributed by atoms with E-state index in [4.69, 9.17) is 4.42 Å². The second-order valence-corrected chi connectivity index (χ2v) is 4.60. The van der Waals surface area contributed by atoms with Crippen LogP contribution >= 0.6 is 0 Å². The van der Waals surface area contributed by atoms with Crippen molar-refractivity contribution >= 4 is 11.8 Å². The summed E-state index contributed by atoms with van der Waals surface area (Å²) < 4.78 is 5.11. The SMILES string of the molecule is CNC(=O)[C@@H](C)N1CCN(C(=O)c2ccco2)CC1. The normalized spacial score (nSPS) is 18.1. The third kappa shape index (κ3) is 2.96. The average Bonchev–Trinajstić information content (AvgIpc) is 2.99. The van der Waals surface area contributed by atoms with E-state index in [9.17, 15) is 9.59 Å². The third-order valence-electron chi connectivity index (χ3n) is 3.51. The maximum atomic E-state index is 12.1. The first-order chi connectivity index (χ1) is 9.13. The van der Waals surface area contributed by atoms with Crippen LogP contribution in [-0.2, 0) is 4.79 Å². The molecule has 1 aliphatic heterocycles. The predicted octanol–water partition coefficient (Wildman–Crippen LogP) is 0.172. The van der Waals surface area contributed by atoms with Crippen LogP contribution in [0.3, 0.4) is 0 Å². The van der Waals surface area contributed by atoms with Gasteiger partial charge in [-0.15, -0.1) is 0 Å². The van der Waals surface area contributed by atoms with Gasteiger partial charge in [0.1, 0.15) is 0 Å². The first kappa shape index (κ1) is 13.6. The number of piperazine rings is 1. The van der Waals surface area contributed by atoms with E-state index < -0.39 is 0 Å². The van der Waals surface area contributed by atoms with Crippen molar-refractivity contribution in [1.29, 1.82) is 0 Å². The van der Waals surface area contributed by atoms with Crippen LogP contribution < -0.4 is 5.32 Å². The maximum Gasteiger partial charge on any atom is 0.289 e. The molecule has 2 rings (SSSR count). The quantitative estimate of drug-likeness (QED) is 0.846. The van der Waals surface area contributed by atoms with Gasteiger partial charge in [-0.3, -0.25) is 14.5 Å². The van der Waals surface area contributed by atoms with Gasteiger partial charge in [-0.25, -0.2) is 0 Å². The molecule has 0 unspecified atom stereocenters. The summed E-state index contributed by atoms with van der Waals surface area (Å²) in [5.41, 5.74) is 0. The van der Waals surface area contributed by atoms with Crippen molar-refractivity contribution in [2.75, 3.05) is 33.2 Å². The molecular formula is C13H19N3O3. The van der Waals surface area contributed by atoms with Gasteiger partial charge in [0.15, 0.2) is 5.76 Å². The van der Waals surface area contributed by atoms with Crippen LogP contribution in [0.25, 0.3) is 0 Å². The number of hydrogen-bond acceptors (Lipinski definition) is 4. The number of rotatable bonds is 3. The number of carbonyl (C=O) groups excluding carboxylic acids is 2.